The smallest absolute Gasteiger partial charge is 0.103 e. The zero-order chi connectivity index (χ0) is 13.2. The number of rotatable bonds is 4. The van der Waals surface area contributed by atoms with Crippen molar-refractivity contribution < 1.29 is 4.42 Å². The number of fused-ring (bicyclic) bond motifs is 1. The van der Waals surface area contributed by atoms with Crippen molar-refractivity contribution in [2.75, 3.05) is 5.73 Å². The van der Waals surface area contributed by atoms with Gasteiger partial charge in [0.2, 0.25) is 0 Å². The van der Waals surface area contributed by atoms with Crippen LogP contribution >= 0.6 is 0 Å². The second-order valence-corrected chi connectivity index (χ2v) is 4.87. The highest BCUT2D eigenvalue weighted by Gasteiger charge is 2.10. The SMILES string of the molecule is CC(CCc1ccco1)n1cnc2cc(N)ccc21. The largest absolute Gasteiger partial charge is 0.469 e. The van der Waals surface area contributed by atoms with Gasteiger partial charge in [-0.15, -0.1) is 0 Å². The van der Waals surface area contributed by atoms with Crippen LogP contribution < -0.4 is 5.73 Å². The zero-order valence-electron chi connectivity index (χ0n) is 10.9. The van der Waals surface area contributed by atoms with Gasteiger partial charge in [-0.2, -0.15) is 0 Å². The number of nitrogens with zero attached hydrogens (tertiary/aromatic N) is 2. The minimum atomic E-state index is 0.374. The van der Waals surface area contributed by atoms with Gasteiger partial charge in [-0.1, -0.05) is 0 Å². The summed E-state index contributed by atoms with van der Waals surface area (Å²) in [6, 6.07) is 10.2. The lowest BCUT2D eigenvalue weighted by Crippen LogP contribution is -2.04. The van der Waals surface area contributed by atoms with Gasteiger partial charge in [0.1, 0.15) is 5.76 Å². The Kier molecular flexibility index (Phi) is 2.99. The molecule has 1 atom stereocenters. The number of furan rings is 1. The van der Waals surface area contributed by atoms with Crippen LogP contribution in [0.2, 0.25) is 0 Å². The monoisotopic (exact) mass is 255 g/mol. The molecule has 0 amide bonds. The molecule has 19 heavy (non-hydrogen) atoms. The summed E-state index contributed by atoms with van der Waals surface area (Å²) in [5, 5.41) is 0. The Labute approximate surface area is 111 Å². The fraction of sp³-hybridized carbons (Fsp3) is 0.267. The normalized spacial score (nSPS) is 12.9. The van der Waals surface area contributed by atoms with E-state index in [0.29, 0.717) is 6.04 Å². The lowest BCUT2D eigenvalue weighted by atomic mass is 10.1. The molecule has 4 nitrogen and oxygen atoms in total. The van der Waals surface area contributed by atoms with Gasteiger partial charge in [0.05, 0.1) is 23.6 Å². The molecule has 0 bridgehead atoms. The average molecular weight is 255 g/mol. The number of nitrogens with two attached hydrogens (primary N) is 1. The molecule has 2 heterocycles. The highest BCUT2D eigenvalue weighted by atomic mass is 16.3. The molecule has 0 fully saturated rings. The van der Waals surface area contributed by atoms with Crippen LogP contribution in [0.4, 0.5) is 5.69 Å². The predicted octanol–water partition coefficient (Wildman–Crippen LogP) is 3.41. The van der Waals surface area contributed by atoms with Gasteiger partial charge in [0.15, 0.2) is 0 Å². The van der Waals surface area contributed by atoms with E-state index >= 15 is 0 Å². The van der Waals surface area contributed by atoms with E-state index < -0.39 is 0 Å². The van der Waals surface area contributed by atoms with Crippen LogP contribution in [0.15, 0.2) is 47.3 Å². The first-order chi connectivity index (χ1) is 9.24. The Balaban J connectivity index is 1.79. The van der Waals surface area contributed by atoms with Crippen LogP contribution in [-0.4, -0.2) is 9.55 Å². The summed E-state index contributed by atoms with van der Waals surface area (Å²) in [5.41, 5.74) is 8.60. The van der Waals surface area contributed by atoms with Crippen LogP contribution in [-0.2, 0) is 6.42 Å². The summed E-state index contributed by atoms with van der Waals surface area (Å²) in [5.74, 6) is 1.03. The Bertz CT molecular complexity index is 670. The van der Waals surface area contributed by atoms with Gasteiger partial charge < -0.3 is 14.7 Å². The van der Waals surface area contributed by atoms with Gasteiger partial charge in [-0.3, -0.25) is 0 Å². The van der Waals surface area contributed by atoms with Crippen molar-refractivity contribution in [2.24, 2.45) is 0 Å². The minimum absolute atomic E-state index is 0.374. The van der Waals surface area contributed by atoms with E-state index in [1.807, 2.05) is 36.7 Å². The average Bonchev–Trinajstić information content (AvgIpc) is 3.04. The summed E-state index contributed by atoms with van der Waals surface area (Å²) in [7, 11) is 0. The first-order valence-corrected chi connectivity index (χ1v) is 6.48. The quantitative estimate of drug-likeness (QED) is 0.727. The van der Waals surface area contributed by atoms with Gasteiger partial charge in [-0.05, 0) is 43.7 Å². The van der Waals surface area contributed by atoms with Crippen molar-refractivity contribution in [3.05, 3.63) is 48.7 Å². The third kappa shape index (κ3) is 2.34. The fourth-order valence-corrected chi connectivity index (χ4v) is 2.35. The van der Waals surface area contributed by atoms with Crippen molar-refractivity contribution in [1.82, 2.24) is 9.55 Å². The van der Waals surface area contributed by atoms with E-state index in [4.69, 9.17) is 10.2 Å². The molecule has 3 aromatic rings. The summed E-state index contributed by atoms with van der Waals surface area (Å²) in [6.45, 7) is 2.19. The van der Waals surface area contributed by atoms with Crippen LogP contribution in [0.3, 0.4) is 0 Å². The van der Waals surface area contributed by atoms with E-state index in [9.17, 15) is 0 Å². The molecule has 1 unspecified atom stereocenters. The lowest BCUT2D eigenvalue weighted by Gasteiger charge is -2.13. The number of aromatic nitrogens is 2. The lowest BCUT2D eigenvalue weighted by molar-refractivity contribution is 0.457. The molecule has 0 radical (unpaired) electrons. The second-order valence-electron chi connectivity index (χ2n) is 4.87. The molecule has 4 heteroatoms. The van der Waals surface area contributed by atoms with Crippen LogP contribution in [0.25, 0.3) is 11.0 Å². The summed E-state index contributed by atoms with van der Waals surface area (Å²) >= 11 is 0. The first kappa shape index (κ1) is 11.8. The first-order valence-electron chi connectivity index (χ1n) is 6.48. The number of benzene rings is 1. The fourth-order valence-electron chi connectivity index (χ4n) is 2.35. The third-order valence-electron chi connectivity index (χ3n) is 3.46. The number of anilines is 1. The number of aryl methyl sites for hydroxylation is 1. The van der Waals surface area contributed by atoms with Crippen molar-refractivity contribution in [3.8, 4) is 0 Å². The minimum Gasteiger partial charge on any atom is -0.469 e. The van der Waals surface area contributed by atoms with E-state index in [2.05, 4.69) is 16.5 Å². The van der Waals surface area contributed by atoms with Gasteiger partial charge >= 0.3 is 0 Å². The van der Waals surface area contributed by atoms with Gasteiger partial charge in [0.25, 0.3) is 0 Å². The van der Waals surface area contributed by atoms with Crippen molar-refractivity contribution in [3.63, 3.8) is 0 Å². The zero-order valence-corrected chi connectivity index (χ0v) is 10.9. The van der Waals surface area contributed by atoms with Gasteiger partial charge in [0, 0.05) is 18.2 Å². The Morgan fingerprint density at radius 3 is 3.05 bits per heavy atom. The van der Waals surface area contributed by atoms with Gasteiger partial charge in [-0.25, -0.2) is 4.98 Å². The number of nitrogen functional groups attached to an aromatic ring is 1. The summed E-state index contributed by atoms with van der Waals surface area (Å²) in [4.78, 5) is 4.41. The summed E-state index contributed by atoms with van der Waals surface area (Å²) < 4.78 is 7.56. The van der Waals surface area contributed by atoms with E-state index in [1.165, 1.54) is 0 Å². The molecule has 98 valence electrons. The molecule has 2 aromatic heterocycles. The predicted molar refractivity (Wildman–Crippen MR) is 75.9 cm³/mol. The second kappa shape index (κ2) is 4.80. The molecule has 0 saturated carbocycles. The third-order valence-corrected chi connectivity index (χ3v) is 3.46. The maximum atomic E-state index is 5.77. The molecule has 0 aliphatic carbocycles. The van der Waals surface area contributed by atoms with Crippen LogP contribution in [0.5, 0.6) is 0 Å². The molecule has 2 N–H and O–H groups in total. The molecule has 0 aliphatic rings. The molecule has 0 spiro atoms. The van der Waals surface area contributed by atoms with Crippen molar-refractivity contribution >= 4 is 16.7 Å². The van der Waals surface area contributed by atoms with Crippen LogP contribution in [0.1, 0.15) is 25.1 Å². The highest BCUT2D eigenvalue weighted by Crippen LogP contribution is 2.22. The topological polar surface area (TPSA) is 57.0 Å². The molecular formula is C15H17N3O. The van der Waals surface area contributed by atoms with Crippen molar-refractivity contribution in [1.29, 1.82) is 0 Å². The van der Waals surface area contributed by atoms with Crippen molar-refractivity contribution in [2.45, 2.75) is 25.8 Å². The molecule has 1 aromatic carbocycles. The Morgan fingerprint density at radius 1 is 1.37 bits per heavy atom. The summed E-state index contributed by atoms with van der Waals surface area (Å²) in [6.07, 6.45) is 5.55. The standard InChI is InChI=1S/C15H17N3O/c1-11(4-6-13-3-2-8-19-13)18-10-17-14-9-12(16)5-7-15(14)18/h2-3,5,7-11H,4,6,16H2,1H3. The molecule has 3 rings (SSSR count). The number of hydrogen-bond donors (Lipinski definition) is 1. The molecule has 0 aliphatic heterocycles. The van der Waals surface area contributed by atoms with E-state index in [-0.39, 0.29) is 0 Å². The van der Waals surface area contributed by atoms with E-state index in [0.717, 1.165) is 35.3 Å². The van der Waals surface area contributed by atoms with E-state index in [1.54, 1.807) is 6.26 Å². The Morgan fingerprint density at radius 2 is 2.26 bits per heavy atom. The molecule has 0 saturated heterocycles. The maximum Gasteiger partial charge on any atom is 0.103 e. The maximum absolute atomic E-state index is 5.77. The number of imidazole rings is 1. The van der Waals surface area contributed by atoms with Crippen LogP contribution in [0, 0.1) is 0 Å². The Hall–Kier alpha value is -2.23. The highest BCUT2D eigenvalue weighted by molar-refractivity contribution is 5.79. The number of hydrogen-bond acceptors (Lipinski definition) is 3. The molecular weight excluding hydrogens is 238 g/mol.